The van der Waals surface area contributed by atoms with Crippen LogP contribution in [0.4, 0.5) is 0 Å². The molecule has 90 valence electrons. The molecule has 1 aliphatic heterocycles. The van der Waals surface area contributed by atoms with Gasteiger partial charge in [0.05, 0.1) is 35.4 Å². The van der Waals surface area contributed by atoms with Gasteiger partial charge in [0.15, 0.2) is 9.84 Å². The quantitative estimate of drug-likeness (QED) is 0.795. The van der Waals surface area contributed by atoms with Crippen LogP contribution in [0.1, 0.15) is 6.04 Å². The lowest BCUT2D eigenvalue weighted by Crippen LogP contribution is -2.22. The zero-order valence-electron chi connectivity index (χ0n) is 9.02. The second-order valence-electron chi connectivity index (χ2n) is 4.36. The highest BCUT2D eigenvalue weighted by Gasteiger charge is 2.38. The van der Waals surface area contributed by atoms with Gasteiger partial charge in [-0.3, -0.25) is 4.68 Å². The van der Waals surface area contributed by atoms with Crippen molar-refractivity contribution in [3.63, 3.8) is 0 Å². The van der Waals surface area contributed by atoms with Crippen molar-refractivity contribution in [3.8, 4) is 0 Å². The van der Waals surface area contributed by atoms with Crippen LogP contribution >= 0.6 is 0 Å². The molecule has 0 radical (unpaired) electrons. The fourth-order valence-corrected chi connectivity index (χ4v) is 4.06. The number of fused-ring (bicyclic) bond motifs is 1. The van der Waals surface area contributed by atoms with E-state index < -0.39 is 22.0 Å². The number of aliphatic hydroxyl groups is 1. The molecule has 1 fully saturated rings. The van der Waals surface area contributed by atoms with Gasteiger partial charge in [-0.1, -0.05) is 18.2 Å². The van der Waals surface area contributed by atoms with Crippen molar-refractivity contribution in [2.45, 2.75) is 12.1 Å². The van der Waals surface area contributed by atoms with E-state index in [0.717, 1.165) is 10.9 Å². The third kappa shape index (κ3) is 1.73. The van der Waals surface area contributed by atoms with Gasteiger partial charge >= 0.3 is 0 Å². The van der Waals surface area contributed by atoms with E-state index in [1.165, 1.54) is 0 Å². The minimum atomic E-state index is -3.15. The van der Waals surface area contributed by atoms with Gasteiger partial charge in [-0.25, -0.2) is 8.42 Å². The highest BCUT2D eigenvalue weighted by atomic mass is 32.2. The summed E-state index contributed by atoms with van der Waals surface area (Å²) in [4.78, 5) is 0. The van der Waals surface area contributed by atoms with Crippen LogP contribution in [0.15, 0.2) is 30.5 Å². The molecule has 0 amide bonds. The Balaban J connectivity index is 2.11. The van der Waals surface area contributed by atoms with Crippen LogP contribution in [0.25, 0.3) is 10.9 Å². The number of hydrogen-bond acceptors (Lipinski definition) is 4. The molecule has 6 heteroatoms. The van der Waals surface area contributed by atoms with Crippen LogP contribution in [0.3, 0.4) is 0 Å². The van der Waals surface area contributed by atoms with Crippen LogP contribution in [-0.4, -0.2) is 40.9 Å². The summed E-state index contributed by atoms with van der Waals surface area (Å²) in [5, 5.41) is 14.9. The molecule has 2 aromatic rings. The predicted octanol–water partition coefficient (Wildman–Crippen LogP) is 0.367. The van der Waals surface area contributed by atoms with Gasteiger partial charge < -0.3 is 5.11 Å². The lowest BCUT2D eigenvalue weighted by molar-refractivity contribution is 0.149. The monoisotopic (exact) mass is 252 g/mol. The van der Waals surface area contributed by atoms with E-state index in [2.05, 4.69) is 5.10 Å². The first-order valence-corrected chi connectivity index (χ1v) is 7.20. The van der Waals surface area contributed by atoms with Crippen molar-refractivity contribution in [1.29, 1.82) is 0 Å². The van der Waals surface area contributed by atoms with E-state index in [1.54, 1.807) is 10.9 Å². The van der Waals surface area contributed by atoms with Gasteiger partial charge in [0.1, 0.15) is 0 Å². The van der Waals surface area contributed by atoms with Crippen molar-refractivity contribution >= 4 is 20.7 Å². The zero-order valence-corrected chi connectivity index (χ0v) is 9.84. The molecule has 0 aliphatic carbocycles. The molecule has 2 unspecified atom stereocenters. The zero-order chi connectivity index (χ0) is 12.0. The van der Waals surface area contributed by atoms with E-state index >= 15 is 0 Å². The smallest absolute Gasteiger partial charge is 0.155 e. The fraction of sp³-hybridized carbons (Fsp3) is 0.364. The Morgan fingerprint density at radius 3 is 2.76 bits per heavy atom. The molecule has 1 saturated heterocycles. The summed E-state index contributed by atoms with van der Waals surface area (Å²) in [6.45, 7) is 0. The minimum absolute atomic E-state index is 0.0418. The highest BCUT2D eigenvalue weighted by Crippen LogP contribution is 2.27. The number of rotatable bonds is 1. The third-order valence-electron chi connectivity index (χ3n) is 3.11. The van der Waals surface area contributed by atoms with Gasteiger partial charge in [-0.15, -0.1) is 0 Å². The first kappa shape index (κ1) is 10.7. The molecule has 2 atom stereocenters. The fourth-order valence-electron chi connectivity index (χ4n) is 2.30. The largest absolute Gasteiger partial charge is 0.390 e. The van der Waals surface area contributed by atoms with Crippen molar-refractivity contribution in [2.24, 2.45) is 0 Å². The van der Waals surface area contributed by atoms with Gasteiger partial charge in [0.2, 0.25) is 0 Å². The number of benzene rings is 1. The third-order valence-corrected chi connectivity index (χ3v) is 4.81. The van der Waals surface area contributed by atoms with Crippen LogP contribution in [0.2, 0.25) is 0 Å². The van der Waals surface area contributed by atoms with Crippen LogP contribution < -0.4 is 0 Å². The molecular weight excluding hydrogens is 240 g/mol. The van der Waals surface area contributed by atoms with Crippen molar-refractivity contribution in [1.82, 2.24) is 9.78 Å². The van der Waals surface area contributed by atoms with E-state index in [-0.39, 0.29) is 11.5 Å². The Kier molecular flexibility index (Phi) is 2.24. The number of aromatic nitrogens is 2. The first-order valence-electron chi connectivity index (χ1n) is 5.37. The summed E-state index contributed by atoms with van der Waals surface area (Å²) in [5.41, 5.74) is 0.855. The standard InChI is InChI=1S/C11H12N2O3S/c14-11-7-17(15,16)6-10(11)13-9-4-2-1-3-8(9)5-12-13/h1-5,10-11,14H,6-7H2. The van der Waals surface area contributed by atoms with Crippen LogP contribution in [0.5, 0.6) is 0 Å². The molecule has 1 N–H and O–H groups in total. The second kappa shape index (κ2) is 3.54. The molecule has 5 nitrogen and oxygen atoms in total. The predicted molar refractivity (Wildman–Crippen MR) is 63.4 cm³/mol. The Labute approximate surface area is 98.6 Å². The highest BCUT2D eigenvalue weighted by molar-refractivity contribution is 7.91. The number of para-hydroxylation sites is 1. The Hall–Kier alpha value is -1.40. The Morgan fingerprint density at radius 2 is 2.06 bits per heavy atom. The van der Waals surface area contributed by atoms with E-state index in [4.69, 9.17) is 0 Å². The minimum Gasteiger partial charge on any atom is -0.390 e. The SMILES string of the molecule is O=S1(=O)CC(O)C(n2ncc3ccccc32)C1. The lowest BCUT2D eigenvalue weighted by Gasteiger charge is -2.14. The summed E-state index contributed by atoms with van der Waals surface area (Å²) in [6, 6.07) is 7.08. The second-order valence-corrected chi connectivity index (χ2v) is 6.51. The number of sulfone groups is 1. The maximum Gasteiger partial charge on any atom is 0.155 e. The summed E-state index contributed by atoms with van der Waals surface area (Å²) in [6.07, 6.45) is 0.816. The molecule has 0 saturated carbocycles. The molecular formula is C11H12N2O3S. The average Bonchev–Trinajstić information content (AvgIpc) is 2.79. The van der Waals surface area contributed by atoms with E-state index in [9.17, 15) is 13.5 Å². The van der Waals surface area contributed by atoms with Crippen molar-refractivity contribution in [3.05, 3.63) is 30.5 Å². The molecule has 2 heterocycles. The Bertz CT molecular complexity index is 662. The number of nitrogens with zero attached hydrogens (tertiary/aromatic N) is 2. The van der Waals surface area contributed by atoms with Crippen LogP contribution in [-0.2, 0) is 9.84 Å². The molecule has 1 aromatic carbocycles. The molecule has 3 rings (SSSR count). The first-order chi connectivity index (χ1) is 8.07. The summed E-state index contributed by atoms with van der Waals surface area (Å²) >= 11 is 0. The lowest BCUT2D eigenvalue weighted by atomic mass is 10.2. The summed E-state index contributed by atoms with van der Waals surface area (Å²) in [7, 11) is -3.15. The molecule has 0 bridgehead atoms. The van der Waals surface area contributed by atoms with Crippen molar-refractivity contribution in [2.75, 3.05) is 11.5 Å². The molecule has 17 heavy (non-hydrogen) atoms. The Morgan fingerprint density at radius 1 is 1.29 bits per heavy atom. The average molecular weight is 252 g/mol. The summed E-state index contributed by atoms with van der Waals surface area (Å²) < 4.78 is 24.6. The topological polar surface area (TPSA) is 72.2 Å². The van der Waals surface area contributed by atoms with Crippen molar-refractivity contribution < 1.29 is 13.5 Å². The van der Waals surface area contributed by atoms with Gasteiger partial charge in [-0.05, 0) is 6.07 Å². The normalized spacial score (nSPS) is 27.6. The molecule has 1 aromatic heterocycles. The maximum atomic E-state index is 11.5. The molecule has 0 spiro atoms. The number of aliphatic hydroxyl groups excluding tert-OH is 1. The van der Waals surface area contributed by atoms with Gasteiger partial charge in [0.25, 0.3) is 0 Å². The summed E-state index contributed by atoms with van der Waals surface area (Å²) in [5.74, 6) is -0.217. The van der Waals surface area contributed by atoms with Gasteiger partial charge in [-0.2, -0.15) is 5.10 Å². The van der Waals surface area contributed by atoms with E-state index in [1.807, 2.05) is 24.3 Å². The number of hydrogen-bond donors (Lipinski definition) is 1. The van der Waals surface area contributed by atoms with Gasteiger partial charge in [0, 0.05) is 5.39 Å². The van der Waals surface area contributed by atoms with E-state index in [0.29, 0.717) is 0 Å². The van der Waals surface area contributed by atoms with Crippen LogP contribution in [0, 0.1) is 0 Å². The molecule has 1 aliphatic rings. The maximum absolute atomic E-state index is 11.5.